The van der Waals surface area contributed by atoms with Gasteiger partial charge >= 0.3 is 5.69 Å². The number of nitrogens with zero attached hydrogens (tertiary/aromatic N) is 2. The fraction of sp³-hybridized carbons (Fsp3) is 0.300. The molecule has 2 aromatic heterocycles. The summed E-state index contributed by atoms with van der Waals surface area (Å²) in [4.78, 5) is 41.9. The lowest BCUT2D eigenvalue weighted by Gasteiger charge is -2.32. The number of aromatic amines is 3. The number of nitrogens with one attached hydrogen (secondary N) is 3. The first-order valence-corrected chi connectivity index (χ1v) is 9.29. The number of benzene rings is 1. The molecule has 8 heteroatoms. The van der Waals surface area contributed by atoms with Crippen LogP contribution in [0.4, 0.5) is 0 Å². The molecule has 1 fully saturated rings. The van der Waals surface area contributed by atoms with Crippen LogP contribution in [-0.4, -0.2) is 44.1 Å². The minimum atomic E-state index is -0.678. The van der Waals surface area contributed by atoms with Crippen LogP contribution in [0.15, 0.2) is 52.2 Å². The normalized spacial score (nSPS) is 16.9. The third-order valence-corrected chi connectivity index (χ3v) is 5.10. The molecule has 1 aliphatic rings. The first-order valence-electron chi connectivity index (χ1n) is 9.29. The van der Waals surface area contributed by atoms with Gasteiger partial charge in [0, 0.05) is 37.2 Å². The Morgan fingerprint density at radius 2 is 2.00 bits per heavy atom. The quantitative estimate of drug-likeness (QED) is 0.635. The highest BCUT2D eigenvalue weighted by Crippen LogP contribution is 2.29. The highest BCUT2D eigenvalue weighted by atomic mass is 16.2. The number of amides is 1. The van der Waals surface area contributed by atoms with Crippen LogP contribution in [0.2, 0.25) is 0 Å². The molecule has 8 nitrogen and oxygen atoms in total. The maximum absolute atomic E-state index is 12.8. The third kappa shape index (κ3) is 3.80. The van der Waals surface area contributed by atoms with Gasteiger partial charge in [-0.2, -0.15) is 5.10 Å². The summed E-state index contributed by atoms with van der Waals surface area (Å²) in [5, 5.41) is 7.34. The molecular formula is C20H21N5O3. The van der Waals surface area contributed by atoms with Crippen molar-refractivity contribution in [2.75, 3.05) is 13.1 Å². The van der Waals surface area contributed by atoms with E-state index in [2.05, 4.69) is 32.3 Å². The van der Waals surface area contributed by atoms with E-state index >= 15 is 0 Å². The predicted molar refractivity (Wildman–Crippen MR) is 103 cm³/mol. The van der Waals surface area contributed by atoms with Gasteiger partial charge in [-0.25, -0.2) is 4.79 Å². The molecule has 1 aromatic carbocycles. The lowest BCUT2D eigenvalue weighted by atomic mass is 9.90. The van der Waals surface area contributed by atoms with Crippen molar-refractivity contribution in [1.29, 1.82) is 0 Å². The molecular weight excluding hydrogens is 358 g/mol. The Morgan fingerprint density at radius 1 is 1.18 bits per heavy atom. The van der Waals surface area contributed by atoms with E-state index < -0.39 is 11.2 Å². The largest absolute Gasteiger partial charge is 0.337 e. The van der Waals surface area contributed by atoms with E-state index in [0.29, 0.717) is 13.1 Å². The van der Waals surface area contributed by atoms with Crippen molar-refractivity contribution < 1.29 is 4.79 Å². The van der Waals surface area contributed by atoms with Crippen LogP contribution in [0, 0.1) is 0 Å². The summed E-state index contributed by atoms with van der Waals surface area (Å²) in [6, 6.07) is 11.3. The van der Waals surface area contributed by atoms with Crippen LogP contribution < -0.4 is 11.2 Å². The molecule has 3 heterocycles. The van der Waals surface area contributed by atoms with E-state index in [-0.39, 0.29) is 17.5 Å². The first kappa shape index (κ1) is 18.0. The number of carbonyl (C=O) groups is 1. The summed E-state index contributed by atoms with van der Waals surface area (Å²) in [7, 11) is 0. The van der Waals surface area contributed by atoms with E-state index in [1.54, 1.807) is 4.90 Å². The number of aromatic nitrogens is 4. The van der Waals surface area contributed by atoms with Gasteiger partial charge in [0.2, 0.25) is 0 Å². The minimum Gasteiger partial charge on any atom is -0.337 e. The second kappa shape index (κ2) is 7.67. The molecule has 3 aromatic rings. The fourth-order valence-corrected chi connectivity index (χ4v) is 3.78. The Kier molecular flexibility index (Phi) is 4.92. The zero-order chi connectivity index (χ0) is 19.5. The molecule has 3 N–H and O–H groups in total. The highest BCUT2D eigenvalue weighted by molar-refractivity contribution is 5.92. The van der Waals surface area contributed by atoms with Gasteiger partial charge in [0.1, 0.15) is 5.69 Å². The van der Waals surface area contributed by atoms with Crippen molar-refractivity contribution in [2.24, 2.45) is 0 Å². The lowest BCUT2D eigenvalue weighted by Crippen LogP contribution is -2.41. The van der Waals surface area contributed by atoms with Gasteiger partial charge in [-0.3, -0.25) is 19.7 Å². The van der Waals surface area contributed by atoms with Crippen LogP contribution in [0.5, 0.6) is 0 Å². The molecule has 1 atom stereocenters. The molecule has 1 amide bonds. The van der Waals surface area contributed by atoms with Gasteiger partial charge < -0.3 is 9.88 Å². The molecule has 144 valence electrons. The number of likely N-dealkylation sites (tertiary alicyclic amines) is 1. The zero-order valence-electron chi connectivity index (χ0n) is 15.3. The van der Waals surface area contributed by atoms with Crippen LogP contribution in [0.3, 0.4) is 0 Å². The number of hydrogen-bond acceptors (Lipinski definition) is 4. The molecule has 0 saturated carbocycles. The first-order chi connectivity index (χ1) is 13.6. The third-order valence-electron chi connectivity index (χ3n) is 5.10. The molecule has 1 unspecified atom stereocenters. The number of rotatable bonds is 4. The van der Waals surface area contributed by atoms with E-state index in [4.69, 9.17) is 0 Å². The Labute approximate surface area is 160 Å². The summed E-state index contributed by atoms with van der Waals surface area (Å²) in [6.07, 6.45) is 4.41. The number of hydrogen-bond donors (Lipinski definition) is 3. The Morgan fingerprint density at radius 3 is 2.79 bits per heavy atom. The van der Waals surface area contributed by atoms with Crippen LogP contribution in [0.25, 0.3) is 0 Å². The second-order valence-corrected chi connectivity index (χ2v) is 7.06. The number of H-pyrrole nitrogens is 3. The Balaban J connectivity index is 1.53. The topological polar surface area (TPSA) is 115 Å². The smallest absolute Gasteiger partial charge is 0.326 e. The van der Waals surface area contributed by atoms with E-state index in [0.717, 1.165) is 36.6 Å². The van der Waals surface area contributed by atoms with Crippen molar-refractivity contribution >= 4 is 5.91 Å². The molecule has 28 heavy (non-hydrogen) atoms. The number of piperidine rings is 1. The Bertz CT molecular complexity index is 1050. The van der Waals surface area contributed by atoms with E-state index in [9.17, 15) is 14.4 Å². The average Bonchev–Trinajstić information content (AvgIpc) is 3.15. The fourth-order valence-electron chi connectivity index (χ4n) is 3.78. The van der Waals surface area contributed by atoms with Crippen molar-refractivity contribution in [1.82, 2.24) is 25.1 Å². The Hall–Kier alpha value is -3.42. The zero-order valence-corrected chi connectivity index (χ0v) is 15.3. The van der Waals surface area contributed by atoms with Gasteiger partial charge in [-0.05, 0) is 24.0 Å². The van der Waals surface area contributed by atoms with Crippen molar-refractivity contribution in [3.63, 3.8) is 0 Å². The predicted octanol–water partition coefficient (Wildman–Crippen LogP) is 1.40. The van der Waals surface area contributed by atoms with Gasteiger partial charge in [0.15, 0.2) is 0 Å². The maximum Gasteiger partial charge on any atom is 0.326 e. The van der Waals surface area contributed by atoms with Crippen molar-refractivity contribution in [2.45, 2.75) is 25.2 Å². The number of carbonyl (C=O) groups excluding carboxylic acids is 1. The summed E-state index contributed by atoms with van der Waals surface area (Å²) in [5.41, 5.74) is 2.12. The minimum absolute atomic E-state index is 0.0171. The second-order valence-electron chi connectivity index (χ2n) is 7.06. The van der Waals surface area contributed by atoms with Crippen LogP contribution in [0.1, 0.15) is 46.1 Å². The molecule has 0 radical (unpaired) electrons. The molecule has 4 rings (SSSR count). The molecule has 0 aliphatic carbocycles. The van der Waals surface area contributed by atoms with Crippen LogP contribution >= 0.6 is 0 Å². The molecule has 0 spiro atoms. The average molecular weight is 379 g/mol. The molecule has 1 aliphatic heterocycles. The van der Waals surface area contributed by atoms with E-state index in [1.165, 1.54) is 5.56 Å². The summed E-state index contributed by atoms with van der Waals surface area (Å²) < 4.78 is 0. The molecule has 0 bridgehead atoms. The van der Waals surface area contributed by atoms with Crippen molar-refractivity contribution in [3.05, 3.63) is 85.9 Å². The van der Waals surface area contributed by atoms with Crippen molar-refractivity contribution in [3.8, 4) is 0 Å². The summed E-state index contributed by atoms with van der Waals surface area (Å²) >= 11 is 0. The van der Waals surface area contributed by atoms with Gasteiger partial charge in [0.25, 0.3) is 11.5 Å². The van der Waals surface area contributed by atoms with E-state index in [1.807, 2.05) is 24.4 Å². The summed E-state index contributed by atoms with van der Waals surface area (Å²) in [5.74, 6) is -0.204. The maximum atomic E-state index is 12.8. The standard InChI is InChI=1S/C20H21N5O3/c26-17-10-16(22-20(28)23-17)19(27)25-8-4-7-14(12-25)18-15(11-21-24-18)9-13-5-2-1-3-6-13/h1-3,5-6,10-11,14H,4,7-9,12H2,(H,21,24)(H2,22,23,26,28). The molecule has 1 saturated heterocycles. The van der Waals surface area contributed by atoms with Crippen LogP contribution in [-0.2, 0) is 6.42 Å². The SMILES string of the molecule is O=C(c1cc(=O)[nH]c(=O)[nH]1)N1CCCC(c2[nH]ncc2Cc2ccccc2)C1. The highest BCUT2D eigenvalue weighted by Gasteiger charge is 2.28. The van der Waals surface area contributed by atoms with Gasteiger partial charge in [-0.15, -0.1) is 0 Å². The monoisotopic (exact) mass is 379 g/mol. The summed E-state index contributed by atoms with van der Waals surface area (Å²) in [6.45, 7) is 1.10. The van der Waals surface area contributed by atoms with Gasteiger partial charge in [0.05, 0.1) is 6.20 Å². The van der Waals surface area contributed by atoms with Gasteiger partial charge in [-0.1, -0.05) is 30.3 Å². The lowest BCUT2D eigenvalue weighted by molar-refractivity contribution is 0.0699.